The van der Waals surface area contributed by atoms with E-state index in [0.717, 1.165) is 40.3 Å². The zero-order valence-corrected chi connectivity index (χ0v) is 18.9. The molecule has 2 nitrogen and oxygen atoms in total. The molecule has 1 spiro atoms. The lowest BCUT2D eigenvalue weighted by atomic mass is 10.0. The zero-order valence-electron chi connectivity index (χ0n) is 16.4. The molecule has 1 aromatic rings. The fourth-order valence-electron chi connectivity index (χ4n) is 4.84. The largest absolute Gasteiger partial charge is 0.409 e. The maximum Gasteiger partial charge on any atom is 0.192 e. The highest BCUT2D eigenvalue weighted by molar-refractivity contribution is 6.73. The highest BCUT2D eigenvalue weighted by Gasteiger charge is 2.54. The van der Waals surface area contributed by atoms with Crippen LogP contribution in [0.5, 0.6) is 0 Å². The van der Waals surface area contributed by atoms with Gasteiger partial charge >= 0.3 is 0 Å². The monoisotopic (exact) mass is 413 g/mol. The van der Waals surface area contributed by atoms with Crippen LogP contribution in [0.25, 0.3) is 0 Å². The molecule has 0 saturated heterocycles. The van der Waals surface area contributed by atoms with Crippen molar-refractivity contribution >= 4 is 31.5 Å². The van der Waals surface area contributed by atoms with Crippen molar-refractivity contribution in [1.29, 1.82) is 0 Å². The van der Waals surface area contributed by atoms with Crippen molar-refractivity contribution in [3.63, 3.8) is 0 Å². The van der Waals surface area contributed by atoms with Crippen LogP contribution in [0.1, 0.15) is 64.5 Å². The smallest absolute Gasteiger partial charge is 0.192 e. The molecule has 26 heavy (non-hydrogen) atoms. The van der Waals surface area contributed by atoms with E-state index in [2.05, 4.69) is 26.1 Å². The minimum atomic E-state index is -1.76. The van der Waals surface area contributed by atoms with Crippen LogP contribution in [-0.4, -0.2) is 20.9 Å². The summed E-state index contributed by atoms with van der Waals surface area (Å²) in [5.41, 5.74) is 1.56. The van der Waals surface area contributed by atoms with Crippen LogP contribution in [0.15, 0.2) is 18.2 Å². The predicted octanol–water partition coefficient (Wildman–Crippen LogP) is 6.98. The summed E-state index contributed by atoms with van der Waals surface area (Å²) in [6, 6.07) is 9.82. The van der Waals surface area contributed by atoms with Gasteiger partial charge in [-0.25, -0.2) is 0 Å². The predicted molar refractivity (Wildman–Crippen MR) is 115 cm³/mol. The van der Waals surface area contributed by atoms with Gasteiger partial charge in [-0.05, 0) is 54.9 Å². The lowest BCUT2D eigenvalue weighted by Gasteiger charge is -2.34. The van der Waals surface area contributed by atoms with E-state index in [-0.39, 0.29) is 6.10 Å². The van der Waals surface area contributed by atoms with Crippen LogP contribution in [0, 0.1) is 5.41 Å². The molecule has 2 aliphatic rings. The van der Waals surface area contributed by atoms with Crippen LogP contribution < -0.4 is 5.32 Å². The first kappa shape index (κ1) is 20.7. The van der Waals surface area contributed by atoms with Crippen LogP contribution in [-0.2, 0) is 4.43 Å². The molecule has 2 atom stereocenters. The van der Waals surface area contributed by atoms with Gasteiger partial charge in [0.2, 0.25) is 0 Å². The van der Waals surface area contributed by atoms with E-state index in [1.54, 1.807) is 0 Å². The number of halogens is 2. The quantitative estimate of drug-likeness (QED) is 0.440. The van der Waals surface area contributed by atoms with E-state index in [0.29, 0.717) is 11.5 Å². The molecule has 2 unspecified atom stereocenters. The third kappa shape index (κ3) is 4.17. The zero-order chi connectivity index (χ0) is 18.8. The van der Waals surface area contributed by atoms with Gasteiger partial charge in [0.1, 0.15) is 0 Å². The number of nitrogens with one attached hydrogen (secondary N) is 1. The molecule has 1 N–H and O–H groups in total. The molecule has 2 fully saturated rings. The molecule has 0 radical (unpaired) electrons. The minimum Gasteiger partial charge on any atom is -0.409 e. The molecular weight excluding hydrogens is 381 g/mol. The van der Waals surface area contributed by atoms with Crippen molar-refractivity contribution in [2.75, 3.05) is 6.54 Å². The second-order valence-corrected chi connectivity index (χ2v) is 13.8. The second-order valence-electron chi connectivity index (χ2n) is 8.22. The Bertz CT molecular complexity index is 586. The van der Waals surface area contributed by atoms with Crippen molar-refractivity contribution in [1.82, 2.24) is 5.32 Å². The Morgan fingerprint density at radius 2 is 1.69 bits per heavy atom. The summed E-state index contributed by atoms with van der Waals surface area (Å²) in [6.45, 7) is 7.62. The van der Waals surface area contributed by atoms with E-state index >= 15 is 0 Å². The lowest BCUT2D eigenvalue weighted by Crippen LogP contribution is -2.40. The second kappa shape index (κ2) is 8.53. The summed E-state index contributed by atoms with van der Waals surface area (Å²) >= 11 is 13.1. The van der Waals surface area contributed by atoms with Crippen LogP contribution in [0.3, 0.4) is 0 Å². The summed E-state index contributed by atoms with van der Waals surface area (Å²) in [5.74, 6) is 0. The number of benzene rings is 1. The lowest BCUT2D eigenvalue weighted by molar-refractivity contribution is 0.184. The third-order valence-electron chi connectivity index (χ3n) is 6.99. The van der Waals surface area contributed by atoms with Gasteiger partial charge in [-0.3, -0.25) is 0 Å². The molecule has 2 aliphatic carbocycles. The standard InChI is InChI=1S/C21H33Cl2NOSi/c1-4-26(5-2,6-3)25-18(20-16(22)10-9-11-17(20)23)15-24-19-14-21(19)12-7-8-13-21/h9-11,18-19,24H,4-8,12-15H2,1-3H3. The highest BCUT2D eigenvalue weighted by atomic mass is 35.5. The third-order valence-corrected chi connectivity index (χ3v) is 12.3. The number of hydrogen-bond acceptors (Lipinski definition) is 2. The molecule has 146 valence electrons. The fraction of sp³-hybridized carbons (Fsp3) is 0.714. The van der Waals surface area contributed by atoms with Crippen LogP contribution in [0.2, 0.25) is 28.2 Å². The molecule has 0 bridgehead atoms. The Balaban J connectivity index is 1.77. The Morgan fingerprint density at radius 1 is 1.12 bits per heavy atom. The van der Waals surface area contributed by atoms with Crippen molar-refractivity contribution in [3.8, 4) is 0 Å². The molecule has 0 heterocycles. The Kier molecular flexibility index (Phi) is 6.78. The Hall–Kier alpha value is -0.0631. The summed E-state index contributed by atoms with van der Waals surface area (Å²) in [5, 5.41) is 5.27. The average molecular weight is 414 g/mol. The Morgan fingerprint density at radius 3 is 2.23 bits per heavy atom. The van der Waals surface area contributed by atoms with E-state index in [9.17, 15) is 0 Å². The van der Waals surface area contributed by atoms with Gasteiger partial charge < -0.3 is 9.74 Å². The summed E-state index contributed by atoms with van der Waals surface area (Å²) in [6.07, 6.45) is 6.84. The van der Waals surface area contributed by atoms with Gasteiger partial charge in [-0.2, -0.15) is 0 Å². The maximum absolute atomic E-state index is 6.87. The van der Waals surface area contributed by atoms with Gasteiger partial charge in [0.25, 0.3) is 0 Å². The molecule has 0 amide bonds. The first-order valence-corrected chi connectivity index (χ1v) is 13.6. The molecular formula is C21H33Cl2NOSi. The minimum absolute atomic E-state index is 0.0539. The number of rotatable bonds is 9. The van der Waals surface area contributed by atoms with Crippen molar-refractivity contribution < 1.29 is 4.43 Å². The van der Waals surface area contributed by atoms with Gasteiger partial charge in [0.05, 0.1) is 6.10 Å². The molecule has 5 heteroatoms. The van der Waals surface area contributed by atoms with Crippen molar-refractivity contribution in [2.45, 2.75) is 83.2 Å². The molecule has 0 aromatic heterocycles. The highest BCUT2D eigenvalue weighted by Crippen LogP contribution is 2.58. The van der Waals surface area contributed by atoms with Crippen LogP contribution >= 0.6 is 23.2 Å². The summed E-state index contributed by atoms with van der Waals surface area (Å²) in [7, 11) is -1.76. The van der Waals surface area contributed by atoms with Gasteiger partial charge in [0, 0.05) is 28.2 Å². The van der Waals surface area contributed by atoms with Crippen molar-refractivity contribution in [3.05, 3.63) is 33.8 Å². The molecule has 1 aromatic carbocycles. The first-order chi connectivity index (χ1) is 12.5. The average Bonchev–Trinajstić information content (AvgIpc) is 3.09. The normalized spacial score (nSPS) is 22.7. The van der Waals surface area contributed by atoms with Gasteiger partial charge in [0.15, 0.2) is 8.32 Å². The topological polar surface area (TPSA) is 21.3 Å². The van der Waals surface area contributed by atoms with E-state index in [1.807, 2.05) is 18.2 Å². The number of hydrogen-bond donors (Lipinski definition) is 1. The first-order valence-electron chi connectivity index (χ1n) is 10.3. The van der Waals surface area contributed by atoms with Gasteiger partial charge in [-0.1, -0.05) is 62.9 Å². The maximum atomic E-state index is 6.87. The van der Waals surface area contributed by atoms with E-state index < -0.39 is 8.32 Å². The van der Waals surface area contributed by atoms with E-state index in [1.165, 1.54) is 32.1 Å². The molecule has 0 aliphatic heterocycles. The molecule has 3 rings (SSSR count). The fourth-order valence-corrected chi connectivity index (χ4v) is 8.29. The summed E-state index contributed by atoms with van der Waals surface area (Å²) < 4.78 is 6.87. The van der Waals surface area contributed by atoms with E-state index in [4.69, 9.17) is 27.6 Å². The van der Waals surface area contributed by atoms with Gasteiger partial charge in [-0.15, -0.1) is 0 Å². The SMILES string of the molecule is CC[Si](CC)(CC)OC(CNC1CC12CCCC2)c1c(Cl)cccc1Cl. The van der Waals surface area contributed by atoms with Crippen LogP contribution in [0.4, 0.5) is 0 Å². The summed E-state index contributed by atoms with van der Waals surface area (Å²) in [4.78, 5) is 0. The molecule has 2 saturated carbocycles. The van der Waals surface area contributed by atoms with Crippen molar-refractivity contribution in [2.24, 2.45) is 5.41 Å². The Labute approximate surface area is 170 Å².